The number of hydrogen-bond acceptors (Lipinski definition) is 4. The van der Waals surface area contributed by atoms with Crippen molar-refractivity contribution in [2.24, 2.45) is 0 Å². The van der Waals surface area contributed by atoms with Crippen molar-refractivity contribution in [3.63, 3.8) is 0 Å². The number of nitrogens with zero attached hydrogens (tertiary/aromatic N) is 1. The topological polar surface area (TPSA) is 32.3 Å². The van der Waals surface area contributed by atoms with E-state index in [1.54, 1.807) is 11.3 Å². The summed E-state index contributed by atoms with van der Waals surface area (Å²) in [7, 11) is 0. The minimum atomic E-state index is -0.107. The van der Waals surface area contributed by atoms with E-state index in [1.807, 2.05) is 0 Å². The molecule has 3 nitrogen and oxygen atoms in total. The Morgan fingerprint density at radius 1 is 1.69 bits per heavy atom. The summed E-state index contributed by atoms with van der Waals surface area (Å²) in [5.41, 5.74) is -0.107. The Bertz CT molecular complexity index is 348. The third-order valence-corrected chi connectivity index (χ3v) is 4.25. The van der Waals surface area contributed by atoms with Crippen molar-refractivity contribution in [2.75, 3.05) is 13.1 Å². The van der Waals surface area contributed by atoms with Crippen LogP contribution in [0, 0.1) is 0 Å². The average molecular weight is 238 g/mol. The summed E-state index contributed by atoms with van der Waals surface area (Å²) in [4.78, 5) is 14.8. The molecule has 16 heavy (non-hydrogen) atoms. The molecule has 0 spiro atoms. The fraction of sp³-hybridized carbons (Fsp3) is 0.583. The standard InChI is InChI=1S/C12H18N2OS/c1-12(2)11(9-15)13-5-6-14(12)8-10-4-3-7-16-10/h3-4,7,9,11,13H,5-6,8H2,1-2H3. The van der Waals surface area contributed by atoms with Gasteiger partial charge in [-0.05, 0) is 25.3 Å². The number of thiophene rings is 1. The van der Waals surface area contributed by atoms with Crippen molar-refractivity contribution < 1.29 is 4.79 Å². The van der Waals surface area contributed by atoms with Crippen LogP contribution >= 0.6 is 11.3 Å². The molecule has 88 valence electrons. The Morgan fingerprint density at radius 2 is 2.50 bits per heavy atom. The molecule has 2 rings (SSSR count). The van der Waals surface area contributed by atoms with Crippen LogP contribution in [0.25, 0.3) is 0 Å². The summed E-state index contributed by atoms with van der Waals surface area (Å²) in [6, 6.07) is 4.16. The minimum Gasteiger partial charge on any atom is -0.305 e. The lowest BCUT2D eigenvalue weighted by Gasteiger charge is -2.46. The first-order valence-electron chi connectivity index (χ1n) is 5.60. The molecule has 0 saturated carbocycles. The van der Waals surface area contributed by atoms with Gasteiger partial charge in [-0.25, -0.2) is 0 Å². The van der Waals surface area contributed by atoms with Crippen LogP contribution in [-0.2, 0) is 11.3 Å². The van der Waals surface area contributed by atoms with Gasteiger partial charge in [0.1, 0.15) is 6.29 Å². The number of carbonyl (C=O) groups is 1. The van der Waals surface area contributed by atoms with E-state index in [0.717, 1.165) is 25.9 Å². The number of hydrogen-bond donors (Lipinski definition) is 1. The highest BCUT2D eigenvalue weighted by atomic mass is 32.1. The van der Waals surface area contributed by atoms with Crippen molar-refractivity contribution in [3.8, 4) is 0 Å². The Kier molecular flexibility index (Phi) is 3.42. The van der Waals surface area contributed by atoms with E-state index in [0.29, 0.717) is 0 Å². The van der Waals surface area contributed by atoms with Crippen LogP contribution in [0.2, 0.25) is 0 Å². The van der Waals surface area contributed by atoms with Gasteiger partial charge in [-0.2, -0.15) is 0 Å². The maximum atomic E-state index is 11.0. The van der Waals surface area contributed by atoms with Gasteiger partial charge >= 0.3 is 0 Å². The highest BCUT2D eigenvalue weighted by molar-refractivity contribution is 7.09. The number of piperazine rings is 1. The summed E-state index contributed by atoms with van der Waals surface area (Å²) in [5, 5.41) is 5.36. The summed E-state index contributed by atoms with van der Waals surface area (Å²) >= 11 is 1.78. The molecule has 0 amide bonds. The Morgan fingerprint density at radius 3 is 3.12 bits per heavy atom. The van der Waals surface area contributed by atoms with Crippen LogP contribution in [0.1, 0.15) is 18.7 Å². The first-order valence-corrected chi connectivity index (χ1v) is 6.48. The zero-order valence-electron chi connectivity index (χ0n) is 9.77. The van der Waals surface area contributed by atoms with Crippen molar-refractivity contribution in [2.45, 2.75) is 32.0 Å². The lowest BCUT2D eigenvalue weighted by atomic mass is 9.91. The zero-order valence-corrected chi connectivity index (χ0v) is 10.6. The highest BCUT2D eigenvalue weighted by Crippen LogP contribution is 2.24. The van der Waals surface area contributed by atoms with Gasteiger partial charge in [0.25, 0.3) is 0 Å². The molecule has 1 aliphatic heterocycles. The predicted octanol–water partition coefficient (Wildman–Crippen LogP) is 1.50. The van der Waals surface area contributed by atoms with Crippen LogP contribution < -0.4 is 5.32 Å². The quantitative estimate of drug-likeness (QED) is 0.810. The molecule has 0 aromatic carbocycles. The van der Waals surface area contributed by atoms with Crippen molar-refractivity contribution in [1.82, 2.24) is 10.2 Å². The van der Waals surface area contributed by atoms with E-state index in [-0.39, 0.29) is 11.6 Å². The second kappa shape index (κ2) is 4.65. The molecule has 1 atom stereocenters. The molecule has 0 aliphatic carbocycles. The Labute approximate surface area is 100 Å². The first kappa shape index (κ1) is 11.8. The number of nitrogens with one attached hydrogen (secondary N) is 1. The molecule has 2 heterocycles. The predicted molar refractivity (Wildman–Crippen MR) is 66.7 cm³/mol. The largest absolute Gasteiger partial charge is 0.305 e. The molecule has 0 bridgehead atoms. The lowest BCUT2D eigenvalue weighted by Crippen LogP contribution is -2.64. The second-order valence-electron chi connectivity index (χ2n) is 4.72. The zero-order chi connectivity index (χ0) is 11.6. The average Bonchev–Trinajstić information content (AvgIpc) is 2.73. The Balaban J connectivity index is 2.11. The molecule has 1 unspecified atom stereocenters. The molecule has 1 saturated heterocycles. The number of carbonyl (C=O) groups excluding carboxylic acids is 1. The summed E-state index contributed by atoms with van der Waals surface area (Å²) in [6.07, 6.45) is 1.03. The molecular weight excluding hydrogens is 220 g/mol. The molecule has 1 aliphatic rings. The maximum Gasteiger partial charge on any atom is 0.138 e. The number of rotatable bonds is 3. The fourth-order valence-corrected chi connectivity index (χ4v) is 2.90. The first-order chi connectivity index (χ1) is 7.64. The Hall–Kier alpha value is -0.710. The third kappa shape index (κ3) is 2.19. The van der Waals surface area contributed by atoms with Crippen molar-refractivity contribution >= 4 is 17.6 Å². The molecule has 4 heteroatoms. The molecule has 0 radical (unpaired) electrons. The normalized spacial score (nSPS) is 25.5. The van der Waals surface area contributed by atoms with Gasteiger partial charge in [-0.1, -0.05) is 6.07 Å². The molecule has 1 aromatic rings. The van der Waals surface area contributed by atoms with E-state index in [4.69, 9.17) is 0 Å². The summed E-state index contributed by atoms with van der Waals surface area (Å²) in [5.74, 6) is 0. The van der Waals surface area contributed by atoms with Crippen LogP contribution in [0.4, 0.5) is 0 Å². The van der Waals surface area contributed by atoms with Crippen LogP contribution in [0.15, 0.2) is 17.5 Å². The van der Waals surface area contributed by atoms with Crippen LogP contribution in [0.3, 0.4) is 0 Å². The summed E-state index contributed by atoms with van der Waals surface area (Å²) in [6.45, 7) is 7.09. The van der Waals surface area contributed by atoms with Gasteiger partial charge in [0.2, 0.25) is 0 Å². The van der Waals surface area contributed by atoms with Crippen molar-refractivity contribution in [1.29, 1.82) is 0 Å². The van der Waals surface area contributed by atoms with E-state index in [1.165, 1.54) is 4.88 Å². The minimum absolute atomic E-state index is 0.0683. The third-order valence-electron chi connectivity index (χ3n) is 3.38. The van der Waals surface area contributed by atoms with Gasteiger partial charge in [-0.3, -0.25) is 4.90 Å². The molecule has 1 aromatic heterocycles. The lowest BCUT2D eigenvalue weighted by molar-refractivity contribution is -0.114. The second-order valence-corrected chi connectivity index (χ2v) is 5.75. The molecule has 1 N–H and O–H groups in total. The van der Waals surface area contributed by atoms with E-state index < -0.39 is 0 Å². The molecule has 1 fully saturated rings. The summed E-state index contributed by atoms with van der Waals surface area (Å²) < 4.78 is 0. The fourth-order valence-electron chi connectivity index (χ4n) is 2.18. The monoisotopic (exact) mass is 238 g/mol. The van der Waals surface area contributed by atoms with Crippen LogP contribution in [0.5, 0.6) is 0 Å². The van der Waals surface area contributed by atoms with E-state index >= 15 is 0 Å². The SMILES string of the molecule is CC1(C)C(C=O)NCCN1Cc1cccs1. The van der Waals surface area contributed by atoms with Crippen LogP contribution in [-0.4, -0.2) is 35.9 Å². The number of aldehydes is 1. The van der Waals surface area contributed by atoms with Gasteiger partial charge in [0.05, 0.1) is 6.04 Å². The maximum absolute atomic E-state index is 11.0. The highest BCUT2D eigenvalue weighted by Gasteiger charge is 2.38. The smallest absolute Gasteiger partial charge is 0.138 e. The van der Waals surface area contributed by atoms with Gasteiger partial charge < -0.3 is 10.1 Å². The van der Waals surface area contributed by atoms with Gasteiger partial charge in [0.15, 0.2) is 0 Å². The van der Waals surface area contributed by atoms with Crippen molar-refractivity contribution in [3.05, 3.63) is 22.4 Å². The van der Waals surface area contributed by atoms with Gasteiger partial charge in [0, 0.05) is 30.1 Å². The van der Waals surface area contributed by atoms with Gasteiger partial charge in [-0.15, -0.1) is 11.3 Å². The molecular formula is C12H18N2OS. The van der Waals surface area contributed by atoms with E-state index in [2.05, 4.69) is 41.6 Å². The van der Waals surface area contributed by atoms with E-state index in [9.17, 15) is 4.79 Å².